The van der Waals surface area contributed by atoms with Crippen molar-refractivity contribution >= 4 is 38.5 Å². The molecule has 0 unspecified atom stereocenters. The predicted octanol–water partition coefficient (Wildman–Crippen LogP) is 2.19. The molecule has 0 atom stereocenters. The van der Waals surface area contributed by atoms with E-state index in [1.54, 1.807) is 6.07 Å². The van der Waals surface area contributed by atoms with Gasteiger partial charge in [0.1, 0.15) is 11.0 Å². The monoisotopic (exact) mass is 344 g/mol. The van der Waals surface area contributed by atoms with Gasteiger partial charge in [0.15, 0.2) is 0 Å². The number of rotatable bonds is 1. The summed E-state index contributed by atoms with van der Waals surface area (Å²) in [7, 11) is -3.52. The van der Waals surface area contributed by atoms with E-state index in [1.807, 2.05) is 37.3 Å². The van der Waals surface area contributed by atoms with Gasteiger partial charge in [-0.05, 0) is 24.6 Å². The van der Waals surface area contributed by atoms with Crippen LogP contribution in [0.2, 0.25) is 0 Å². The van der Waals surface area contributed by atoms with E-state index in [0.29, 0.717) is 16.8 Å². The average Bonchev–Trinajstić information content (AvgIpc) is 2.90. The lowest BCUT2D eigenvalue weighted by Crippen LogP contribution is -2.18. The van der Waals surface area contributed by atoms with Crippen molar-refractivity contribution in [3.05, 3.63) is 58.7 Å². The Morgan fingerprint density at radius 2 is 1.78 bits per heavy atom. The fourth-order valence-corrected chi connectivity index (χ4v) is 4.01. The summed E-state index contributed by atoms with van der Waals surface area (Å²) in [5, 5.41) is 4.14. The van der Waals surface area contributed by atoms with Gasteiger partial charge in [0.25, 0.3) is 10.0 Å². The number of aromatic nitrogens is 2. The molecule has 0 fully saturated rings. The number of hydrogen-bond acceptors (Lipinski definition) is 6. The van der Waals surface area contributed by atoms with Gasteiger partial charge in [-0.2, -0.15) is 13.8 Å². The molecule has 1 aliphatic rings. The van der Waals surface area contributed by atoms with E-state index in [0.717, 1.165) is 33.9 Å². The summed E-state index contributed by atoms with van der Waals surface area (Å²) in [4.78, 5) is 2.30. The molecule has 8 heteroatoms. The van der Waals surface area contributed by atoms with Crippen molar-refractivity contribution in [3.63, 3.8) is 0 Å². The topological polar surface area (TPSA) is 84.3 Å². The smallest absolute Gasteiger partial charge is 0.205 e. The Kier molecular flexibility index (Phi) is 3.17. The number of hydrogen-bond donors (Lipinski definition) is 1. The molecule has 0 bridgehead atoms. The SMILES string of the molecule is Cc1ccc(C2=NNS(=O)(=O)Cc3cc4nsnc4cc32)cc1. The number of fused-ring (bicyclic) bond motifs is 2. The molecule has 2 heterocycles. The fraction of sp³-hybridized carbons (Fsp3) is 0.133. The Labute approximate surface area is 137 Å². The Balaban J connectivity index is 1.99. The van der Waals surface area contributed by atoms with Crippen molar-refractivity contribution in [1.29, 1.82) is 0 Å². The normalized spacial score (nSPS) is 16.3. The number of aryl methyl sites for hydroxylation is 1. The van der Waals surface area contributed by atoms with Crippen molar-refractivity contribution in [2.75, 3.05) is 0 Å². The second-order valence-corrected chi connectivity index (χ2v) is 7.67. The van der Waals surface area contributed by atoms with Crippen LogP contribution in [0.25, 0.3) is 11.0 Å². The molecule has 0 aliphatic carbocycles. The molecule has 0 saturated heterocycles. The van der Waals surface area contributed by atoms with Gasteiger partial charge >= 0.3 is 0 Å². The Morgan fingerprint density at radius 1 is 1.09 bits per heavy atom. The third-order valence-corrected chi connectivity index (χ3v) is 5.32. The van der Waals surface area contributed by atoms with Crippen molar-refractivity contribution in [3.8, 4) is 0 Å². The number of hydrazone groups is 1. The maximum Gasteiger partial charge on any atom is 0.251 e. The zero-order valence-corrected chi connectivity index (χ0v) is 13.8. The van der Waals surface area contributed by atoms with Crippen molar-refractivity contribution in [1.82, 2.24) is 13.6 Å². The van der Waals surface area contributed by atoms with Crippen LogP contribution in [-0.4, -0.2) is 22.9 Å². The van der Waals surface area contributed by atoms with E-state index in [1.165, 1.54) is 0 Å². The van der Waals surface area contributed by atoms with Gasteiger partial charge in [-0.1, -0.05) is 29.8 Å². The summed E-state index contributed by atoms with van der Waals surface area (Å²) in [5.41, 5.74) is 5.46. The minimum absolute atomic E-state index is 0.130. The van der Waals surface area contributed by atoms with Crippen LogP contribution in [-0.2, 0) is 15.8 Å². The molecular formula is C15H12N4O2S2. The first-order chi connectivity index (χ1) is 11.0. The minimum Gasteiger partial charge on any atom is -0.205 e. The fourth-order valence-electron chi connectivity index (χ4n) is 2.56. The molecule has 0 radical (unpaired) electrons. The molecule has 2 aromatic carbocycles. The van der Waals surface area contributed by atoms with Crippen molar-refractivity contribution in [2.24, 2.45) is 5.10 Å². The lowest BCUT2D eigenvalue weighted by Gasteiger charge is -2.08. The average molecular weight is 344 g/mol. The number of benzene rings is 2. The van der Waals surface area contributed by atoms with E-state index in [9.17, 15) is 8.42 Å². The molecule has 3 aromatic rings. The Morgan fingerprint density at radius 3 is 2.52 bits per heavy atom. The molecule has 1 aliphatic heterocycles. The number of nitrogens with zero attached hydrogens (tertiary/aromatic N) is 3. The van der Waals surface area contributed by atoms with Crippen LogP contribution in [0.5, 0.6) is 0 Å². The van der Waals surface area contributed by atoms with E-state index >= 15 is 0 Å². The van der Waals surface area contributed by atoms with Gasteiger partial charge < -0.3 is 0 Å². The van der Waals surface area contributed by atoms with Gasteiger partial charge in [0.05, 0.1) is 23.2 Å². The molecule has 1 aromatic heterocycles. The van der Waals surface area contributed by atoms with Gasteiger partial charge in [-0.25, -0.2) is 13.2 Å². The largest absolute Gasteiger partial charge is 0.251 e. The highest BCUT2D eigenvalue weighted by Gasteiger charge is 2.23. The van der Waals surface area contributed by atoms with Gasteiger partial charge in [-0.3, -0.25) is 0 Å². The lowest BCUT2D eigenvalue weighted by atomic mass is 9.97. The van der Waals surface area contributed by atoms with Crippen LogP contribution < -0.4 is 4.83 Å². The van der Waals surface area contributed by atoms with Crippen LogP contribution in [0.1, 0.15) is 22.3 Å². The van der Waals surface area contributed by atoms with Gasteiger partial charge in [0, 0.05) is 11.1 Å². The third kappa shape index (κ3) is 2.60. The number of nitrogens with one attached hydrogen (secondary N) is 1. The van der Waals surface area contributed by atoms with Crippen molar-refractivity contribution < 1.29 is 8.42 Å². The van der Waals surface area contributed by atoms with Crippen molar-refractivity contribution in [2.45, 2.75) is 12.7 Å². The van der Waals surface area contributed by atoms with Gasteiger partial charge in [-0.15, -0.1) is 0 Å². The van der Waals surface area contributed by atoms with E-state index in [2.05, 4.69) is 18.7 Å². The second-order valence-electron chi connectivity index (χ2n) is 5.44. The summed E-state index contributed by atoms with van der Waals surface area (Å²) < 4.78 is 32.6. The number of sulfonamides is 1. The molecule has 1 N–H and O–H groups in total. The van der Waals surface area contributed by atoms with E-state index < -0.39 is 10.0 Å². The molecular weight excluding hydrogens is 332 g/mol. The highest BCUT2D eigenvalue weighted by molar-refractivity contribution is 7.88. The summed E-state index contributed by atoms with van der Waals surface area (Å²) in [6, 6.07) is 11.4. The molecule has 4 rings (SSSR count). The Hall–Kier alpha value is -2.32. The maximum absolute atomic E-state index is 12.1. The zero-order chi connectivity index (χ0) is 16.0. The first-order valence-corrected chi connectivity index (χ1v) is 9.30. The molecule has 23 heavy (non-hydrogen) atoms. The zero-order valence-electron chi connectivity index (χ0n) is 12.1. The van der Waals surface area contributed by atoms with Gasteiger partial charge in [0.2, 0.25) is 0 Å². The molecule has 116 valence electrons. The summed E-state index contributed by atoms with van der Waals surface area (Å²) in [6.07, 6.45) is 0. The predicted molar refractivity (Wildman–Crippen MR) is 90.0 cm³/mol. The van der Waals surface area contributed by atoms with Crippen LogP contribution in [0.4, 0.5) is 0 Å². The highest BCUT2D eigenvalue weighted by atomic mass is 32.2. The quantitative estimate of drug-likeness (QED) is 0.733. The first-order valence-electron chi connectivity index (χ1n) is 6.92. The molecule has 0 spiro atoms. The lowest BCUT2D eigenvalue weighted by molar-refractivity contribution is 0.584. The van der Waals surface area contributed by atoms with Crippen LogP contribution in [0.15, 0.2) is 41.5 Å². The maximum atomic E-state index is 12.1. The molecule has 6 nitrogen and oxygen atoms in total. The summed E-state index contributed by atoms with van der Waals surface area (Å²) >= 11 is 1.11. The van der Waals surface area contributed by atoms with E-state index in [-0.39, 0.29) is 5.75 Å². The second kappa shape index (κ2) is 5.10. The van der Waals surface area contributed by atoms with Crippen LogP contribution >= 0.6 is 11.7 Å². The van der Waals surface area contributed by atoms with Crippen LogP contribution in [0.3, 0.4) is 0 Å². The molecule has 0 saturated carbocycles. The Bertz CT molecular complexity index is 1040. The van der Waals surface area contributed by atoms with Crippen LogP contribution in [0, 0.1) is 6.92 Å². The summed E-state index contributed by atoms with van der Waals surface area (Å²) in [6.45, 7) is 2.00. The third-order valence-electron chi connectivity index (χ3n) is 3.70. The van der Waals surface area contributed by atoms with E-state index in [4.69, 9.17) is 0 Å². The summed E-state index contributed by atoms with van der Waals surface area (Å²) in [5.74, 6) is -0.130. The molecule has 0 amide bonds. The standard InChI is InChI=1S/C15H12N4O2S2/c1-9-2-4-10(5-3-9)15-12-7-14-13(17-22-18-14)6-11(12)8-23(20,21)19-16-15/h2-7,19H,8H2,1H3. The minimum atomic E-state index is -3.52. The highest BCUT2D eigenvalue weighted by Crippen LogP contribution is 2.25. The first kappa shape index (κ1) is 14.3.